The van der Waals surface area contributed by atoms with Crippen LogP contribution < -0.4 is 28.5 Å². The van der Waals surface area contributed by atoms with Crippen LogP contribution in [0.1, 0.15) is 16.7 Å². The number of aromatic nitrogens is 1. The number of rotatable bonds is 0. The minimum absolute atomic E-state index is 0. The highest BCUT2D eigenvalue weighted by atomic mass is 127. The van der Waals surface area contributed by atoms with Gasteiger partial charge in [0.05, 0.1) is 0 Å². The summed E-state index contributed by atoms with van der Waals surface area (Å²) in [6.45, 7) is 6.44. The third kappa shape index (κ3) is 2.43. The molecule has 1 aromatic heterocycles. The van der Waals surface area contributed by atoms with E-state index >= 15 is 0 Å². The number of pyridine rings is 1. The molecule has 1 heterocycles. The van der Waals surface area contributed by atoms with E-state index in [1.54, 1.807) is 0 Å². The molecule has 1 nitrogen and oxygen atoms in total. The molecule has 0 N–H and O–H groups in total. The van der Waals surface area contributed by atoms with Crippen molar-refractivity contribution >= 4 is 0 Å². The molecule has 0 radical (unpaired) electrons. The Kier molecular flexibility index (Phi) is 4.00. The molecule has 0 unspecified atom stereocenters. The van der Waals surface area contributed by atoms with Crippen molar-refractivity contribution in [2.24, 2.45) is 7.05 Å². The summed E-state index contributed by atoms with van der Waals surface area (Å²) in [6.07, 6.45) is 4.28. The van der Waals surface area contributed by atoms with Crippen LogP contribution in [0.5, 0.6) is 0 Å². The van der Waals surface area contributed by atoms with E-state index in [0.717, 1.165) is 0 Å². The van der Waals surface area contributed by atoms with Crippen molar-refractivity contribution in [2.75, 3.05) is 0 Å². The Bertz CT molecular complexity index is 233. The molecule has 0 fully saturated rings. The number of nitrogens with zero attached hydrogens (tertiary/aromatic N) is 1. The maximum atomic E-state index is 2.16. The van der Waals surface area contributed by atoms with Crippen LogP contribution in [0.4, 0.5) is 0 Å². The lowest BCUT2D eigenvalue weighted by Crippen LogP contribution is -3.00. The lowest BCUT2D eigenvalue weighted by molar-refractivity contribution is -0.672. The molecule has 0 spiro atoms. The standard InChI is InChI=1S/C9H14N.HI/c1-7-5-10(4)6-8(2)9(7)3;/h5-6H,1-4H3;1H/q+1;/p-1. The van der Waals surface area contributed by atoms with Gasteiger partial charge in [-0.15, -0.1) is 0 Å². The van der Waals surface area contributed by atoms with Crippen LogP contribution in [-0.2, 0) is 7.05 Å². The quantitative estimate of drug-likeness (QED) is 0.394. The third-order valence-electron chi connectivity index (χ3n) is 1.98. The van der Waals surface area contributed by atoms with E-state index in [9.17, 15) is 0 Å². The van der Waals surface area contributed by atoms with E-state index in [1.807, 2.05) is 0 Å². The second-order valence-electron chi connectivity index (χ2n) is 2.91. The molecule has 0 amide bonds. The van der Waals surface area contributed by atoms with Crippen molar-refractivity contribution in [1.82, 2.24) is 0 Å². The van der Waals surface area contributed by atoms with Gasteiger partial charge in [0.15, 0.2) is 12.4 Å². The molecule has 2 heteroatoms. The largest absolute Gasteiger partial charge is 1.00 e. The van der Waals surface area contributed by atoms with Gasteiger partial charge in [-0.2, -0.15) is 0 Å². The minimum atomic E-state index is 0. The fourth-order valence-electron chi connectivity index (χ4n) is 1.15. The molecule has 1 rings (SSSR count). The van der Waals surface area contributed by atoms with Crippen molar-refractivity contribution in [1.29, 1.82) is 0 Å². The molecular weight excluding hydrogens is 249 g/mol. The second-order valence-corrected chi connectivity index (χ2v) is 2.91. The predicted molar refractivity (Wildman–Crippen MR) is 41.8 cm³/mol. The lowest BCUT2D eigenvalue weighted by Gasteiger charge is -1.99. The van der Waals surface area contributed by atoms with Gasteiger partial charge in [-0.25, -0.2) is 4.57 Å². The summed E-state index contributed by atoms with van der Waals surface area (Å²) in [5.74, 6) is 0. The second kappa shape index (κ2) is 4.04. The number of halogens is 1. The van der Waals surface area contributed by atoms with Crippen molar-refractivity contribution in [3.63, 3.8) is 0 Å². The molecule has 0 saturated heterocycles. The van der Waals surface area contributed by atoms with E-state index in [-0.39, 0.29) is 24.0 Å². The van der Waals surface area contributed by atoms with Crippen molar-refractivity contribution in [3.8, 4) is 0 Å². The molecule has 62 valence electrons. The Morgan fingerprint density at radius 2 is 1.36 bits per heavy atom. The molecular formula is C9H14IN. The van der Waals surface area contributed by atoms with Gasteiger partial charge in [-0.3, -0.25) is 0 Å². The average molecular weight is 263 g/mol. The van der Waals surface area contributed by atoms with Gasteiger partial charge < -0.3 is 24.0 Å². The summed E-state index contributed by atoms with van der Waals surface area (Å²) < 4.78 is 2.09. The molecule has 0 aliphatic heterocycles. The van der Waals surface area contributed by atoms with Crippen molar-refractivity contribution in [3.05, 3.63) is 29.1 Å². The van der Waals surface area contributed by atoms with Crippen LogP contribution in [0.3, 0.4) is 0 Å². The molecule has 11 heavy (non-hydrogen) atoms. The molecule has 0 atom stereocenters. The van der Waals surface area contributed by atoms with Crippen LogP contribution in [0, 0.1) is 20.8 Å². The van der Waals surface area contributed by atoms with E-state index in [0.29, 0.717) is 0 Å². The zero-order valence-corrected chi connectivity index (χ0v) is 9.64. The summed E-state index contributed by atoms with van der Waals surface area (Å²) in [5, 5.41) is 0. The fourth-order valence-corrected chi connectivity index (χ4v) is 1.15. The van der Waals surface area contributed by atoms with Crippen molar-refractivity contribution < 1.29 is 28.5 Å². The first-order valence-corrected chi connectivity index (χ1v) is 3.54. The molecule has 0 bridgehead atoms. The topological polar surface area (TPSA) is 3.88 Å². The first kappa shape index (κ1) is 10.9. The van der Waals surface area contributed by atoms with Gasteiger partial charge >= 0.3 is 0 Å². The van der Waals surface area contributed by atoms with Crippen LogP contribution in [-0.4, -0.2) is 0 Å². The Morgan fingerprint density at radius 1 is 1.00 bits per heavy atom. The van der Waals surface area contributed by atoms with E-state index in [2.05, 4.69) is 44.8 Å². The Morgan fingerprint density at radius 3 is 1.73 bits per heavy atom. The van der Waals surface area contributed by atoms with Crippen LogP contribution >= 0.6 is 0 Å². The van der Waals surface area contributed by atoms with Gasteiger partial charge in [-0.05, 0) is 26.3 Å². The molecule has 0 aliphatic rings. The molecule has 0 saturated carbocycles. The SMILES string of the molecule is Cc1c[n+](C)cc(C)c1C.[I-]. The molecule has 1 aromatic rings. The number of hydrogen-bond donors (Lipinski definition) is 0. The summed E-state index contributed by atoms with van der Waals surface area (Å²) in [4.78, 5) is 0. The van der Waals surface area contributed by atoms with Crippen LogP contribution in [0.15, 0.2) is 12.4 Å². The zero-order chi connectivity index (χ0) is 7.72. The number of aryl methyl sites for hydroxylation is 3. The zero-order valence-electron chi connectivity index (χ0n) is 7.48. The highest BCUT2D eigenvalue weighted by Crippen LogP contribution is 2.06. The predicted octanol–water partition coefficient (Wildman–Crippen LogP) is -1.56. The maximum absolute atomic E-state index is 2.16. The minimum Gasteiger partial charge on any atom is -1.00 e. The summed E-state index contributed by atoms with van der Waals surface area (Å²) in [5.41, 5.74) is 4.13. The highest BCUT2D eigenvalue weighted by Gasteiger charge is 2.01. The Hall–Kier alpha value is -0.120. The van der Waals surface area contributed by atoms with E-state index < -0.39 is 0 Å². The first-order chi connectivity index (χ1) is 4.61. The van der Waals surface area contributed by atoms with Gasteiger partial charge in [-0.1, -0.05) is 0 Å². The van der Waals surface area contributed by atoms with Crippen LogP contribution in [0.25, 0.3) is 0 Å². The van der Waals surface area contributed by atoms with Gasteiger partial charge in [0.25, 0.3) is 0 Å². The smallest absolute Gasteiger partial charge is 0.171 e. The van der Waals surface area contributed by atoms with E-state index in [1.165, 1.54) is 16.7 Å². The van der Waals surface area contributed by atoms with Crippen molar-refractivity contribution in [2.45, 2.75) is 20.8 Å². The normalized spacial score (nSPS) is 9.09. The Labute approximate surface area is 85.5 Å². The average Bonchev–Trinajstić information content (AvgIpc) is 1.82. The number of hydrogen-bond acceptors (Lipinski definition) is 0. The Balaban J connectivity index is 0.000001000. The molecule has 0 aliphatic carbocycles. The fraction of sp³-hybridized carbons (Fsp3) is 0.444. The summed E-state index contributed by atoms with van der Waals surface area (Å²) >= 11 is 0. The third-order valence-corrected chi connectivity index (χ3v) is 1.98. The van der Waals surface area contributed by atoms with Gasteiger partial charge in [0, 0.05) is 11.1 Å². The monoisotopic (exact) mass is 263 g/mol. The van der Waals surface area contributed by atoms with Gasteiger partial charge in [0.2, 0.25) is 0 Å². The van der Waals surface area contributed by atoms with Gasteiger partial charge in [0.1, 0.15) is 7.05 Å². The summed E-state index contributed by atoms with van der Waals surface area (Å²) in [6, 6.07) is 0. The first-order valence-electron chi connectivity index (χ1n) is 3.54. The van der Waals surface area contributed by atoms with Crippen LogP contribution in [0.2, 0.25) is 0 Å². The summed E-state index contributed by atoms with van der Waals surface area (Å²) in [7, 11) is 2.06. The maximum Gasteiger partial charge on any atom is 0.171 e. The lowest BCUT2D eigenvalue weighted by atomic mass is 10.1. The molecule has 0 aromatic carbocycles. The van der Waals surface area contributed by atoms with E-state index in [4.69, 9.17) is 0 Å². The highest BCUT2D eigenvalue weighted by molar-refractivity contribution is 5.25.